The predicted octanol–water partition coefficient (Wildman–Crippen LogP) is 1.25. The highest BCUT2D eigenvalue weighted by atomic mass is 16.5. The molecule has 1 aliphatic heterocycles. The average molecular weight is 256 g/mol. The third kappa shape index (κ3) is 5.22. The van der Waals surface area contributed by atoms with E-state index in [1.807, 2.05) is 0 Å². The average Bonchev–Trinajstić information content (AvgIpc) is 3.10. The fourth-order valence-corrected chi connectivity index (χ4v) is 2.23. The van der Waals surface area contributed by atoms with Gasteiger partial charge in [0.15, 0.2) is 0 Å². The molecule has 1 atom stereocenters. The quantitative estimate of drug-likeness (QED) is 0.775. The van der Waals surface area contributed by atoms with Gasteiger partial charge in [-0.25, -0.2) is 0 Å². The summed E-state index contributed by atoms with van der Waals surface area (Å²) in [5.74, 6) is 0. The van der Waals surface area contributed by atoms with Crippen molar-refractivity contribution in [1.29, 1.82) is 0 Å². The zero-order valence-corrected chi connectivity index (χ0v) is 12.1. The van der Waals surface area contributed by atoms with Gasteiger partial charge in [0.25, 0.3) is 0 Å². The Hall–Kier alpha value is -0.160. The minimum absolute atomic E-state index is 0.0337. The summed E-state index contributed by atoms with van der Waals surface area (Å²) < 4.78 is 11.4. The minimum atomic E-state index is -0.0337. The van der Waals surface area contributed by atoms with Crippen LogP contribution in [-0.4, -0.2) is 62.0 Å². The highest BCUT2D eigenvalue weighted by Gasteiger charge is 2.26. The Morgan fingerprint density at radius 3 is 2.78 bits per heavy atom. The second kappa shape index (κ2) is 6.33. The van der Waals surface area contributed by atoms with Gasteiger partial charge in [-0.2, -0.15) is 0 Å². The fourth-order valence-electron chi connectivity index (χ4n) is 2.23. The van der Waals surface area contributed by atoms with Gasteiger partial charge in [-0.1, -0.05) is 0 Å². The maximum Gasteiger partial charge on any atom is 0.0634 e. The van der Waals surface area contributed by atoms with Gasteiger partial charge < -0.3 is 14.8 Å². The summed E-state index contributed by atoms with van der Waals surface area (Å²) in [4.78, 5) is 2.50. The maximum atomic E-state index is 5.82. The molecule has 2 rings (SSSR count). The third-order valence-electron chi connectivity index (χ3n) is 3.48. The number of nitrogens with zero attached hydrogens (tertiary/aromatic N) is 1. The first-order chi connectivity index (χ1) is 8.54. The van der Waals surface area contributed by atoms with Gasteiger partial charge >= 0.3 is 0 Å². The van der Waals surface area contributed by atoms with Crippen LogP contribution in [0, 0.1) is 0 Å². The van der Waals surface area contributed by atoms with Crippen molar-refractivity contribution in [3.63, 3.8) is 0 Å². The van der Waals surface area contributed by atoms with Crippen molar-refractivity contribution in [2.75, 3.05) is 39.5 Å². The first kappa shape index (κ1) is 14.3. The topological polar surface area (TPSA) is 33.7 Å². The molecule has 0 aromatic rings. The van der Waals surface area contributed by atoms with E-state index >= 15 is 0 Å². The molecule has 0 radical (unpaired) electrons. The van der Waals surface area contributed by atoms with Crippen LogP contribution >= 0.6 is 0 Å². The number of ether oxygens (including phenoxy) is 2. The number of hydrogen-bond donors (Lipinski definition) is 1. The molecule has 1 saturated heterocycles. The number of morpholine rings is 1. The van der Waals surface area contributed by atoms with Gasteiger partial charge in [-0.05, 0) is 33.6 Å². The number of hydrogen-bond acceptors (Lipinski definition) is 4. The molecular weight excluding hydrogens is 228 g/mol. The van der Waals surface area contributed by atoms with E-state index in [1.54, 1.807) is 0 Å². The molecule has 106 valence electrons. The molecule has 1 unspecified atom stereocenters. The third-order valence-corrected chi connectivity index (χ3v) is 3.48. The lowest BCUT2D eigenvalue weighted by molar-refractivity contribution is -0.0473. The first-order valence-electron chi connectivity index (χ1n) is 7.24. The maximum absolute atomic E-state index is 5.82. The van der Waals surface area contributed by atoms with E-state index in [0.717, 1.165) is 45.5 Å². The van der Waals surface area contributed by atoms with Crippen molar-refractivity contribution in [2.45, 2.75) is 51.3 Å². The van der Waals surface area contributed by atoms with Crippen LogP contribution in [0.15, 0.2) is 0 Å². The normalized spacial score (nSPS) is 26.5. The first-order valence-corrected chi connectivity index (χ1v) is 7.24. The van der Waals surface area contributed by atoms with E-state index in [2.05, 4.69) is 31.0 Å². The molecule has 1 aliphatic carbocycles. The van der Waals surface area contributed by atoms with E-state index in [-0.39, 0.29) is 5.60 Å². The van der Waals surface area contributed by atoms with E-state index in [4.69, 9.17) is 9.47 Å². The Morgan fingerprint density at radius 1 is 1.33 bits per heavy atom. The lowest BCUT2D eigenvalue weighted by Gasteiger charge is -2.36. The zero-order chi connectivity index (χ0) is 13.0. The van der Waals surface area contributed by atoms with E-state index in [1.165, 1.54) is 12.8 Å². The minimum Gasteiger partial charge on any atom is -0.378 e. The predicted molar refractivity (Wildman–Crippen MR) is 72.9 cm³/mol. The van der Waals surface area contributed by atoms with Gasteiger partial charge in [0.2, 0.25) is 0 Å². The lowest BCUT2D eigenvalue weighted by atomic mass is 10.2. The van der Waals surface area contributed by atoms with E-state index < -0.39 is 0 Å². The summed E-state index contributed by atoms with van der Waals surface area (Å²) >= 11 is 0. The SMILES string of the molecule is CC(C)(C)OCCN1CCOCC1CNC1CC1. The van der Waals surface area contributed by atoms with Crippen molar-refractivity contribution in [1.82, 2.24) is 10.2 Å². The summed E-state index contributed by atoms with van der Waals surface area (Å²) in [5.41, 5.74) is -0.0337. The Labute approximate surface area is 111 Å². The summed E-state index contributed by atoms with van der Waals surface area (Å²) in [6.45, 7) is 12.0. The second-order valence-electron chi connectivity index (χ2n) is 6.41. The van der Waals surface area contributed by atoms with Crippen molar-refractivity contribution in [3.05, 3.63) is 0 Å². The van der Waals surface area contributed by atoms with Crippen LogP contribution in [-0.2, 0) is 9.47 Å². The molecule has 0 aromatic carbocycles. The fraction of sp³-hybridized carbons (Fsp3) is 1.00. The van der Waals surface area contributed by atoms with Crippen molar-refractivity contribution in [3.8, 4) is 0 Å². The Balaban J connectivity index is 1.68. The molecule has 4 heteroatoms. The van der Waals surface area contributed by atoms with Crippen LogP contribution in [0.4, 0.5) is 0 Å². The zero-order valence-electron chi connectivity index (χ0n) is 12.1. The molecular formula is C14H28N2O2. The summed E-state index contributed by atoms with van der Waals surface area (Å²) in [7, 11) is 0. The smallest absolute Gasteiger partial charge is 0.0634 e. The molecule has 4 nitrogen and oxygen atoms in total. The van der Waals surface area contributed by atoms with Gasteiger partial charge in [0, 0.05) is 31.7 Å². The van der Waals surface area contributed by atoms with Crippen LogP contribution in [0.5, 0.6) is 0 Å². The molecule has 2 aliphatic rings. The highest BCUT2D eigenvalue weighted by Crippen LogP contribution is 2.19. The Bertz CT molecular complexity index is 249. The Kier molecular flexibility index (Phi) is 5.01. The molecule has 0 bridgehead atoms. The molecule has 18 heavy (non-hydrogen) atoms. The van der Waals surface area contributed by atoms with Crippen LogP contribution in [0.25, 0.3) is 0 Å². The van der Waals surface area contributed by atoms with Crippen LogP contribution < -0.4 is 5.32 Å². The van der Waals surface area contributed by atoms with Crippen LogP contribution in [0.3, 0.4) is 0 Å². The number of nitrogens with one attached hydrogen (secondary N) is 1. The van der Waals surface area contributed by atoms with E-state index in [0.29, 0.717) is 6.04 Å². The molecule has 2 fully saturated rings. The lowest BCUT2D eigenvalue weighted by Crippen LogP contribution is -2.51. The van der Waals surface area contributed by atoms with Crippen LogP contribution in [0.2, 0.25) is 0 Å². The van der Waals surface area contributed by atoms with Gasteiger partial charge in [-0.15, -0.1) is 0 Å². The molecule has 1 saturated carbocycles. The molecule has 0 spiro atoms. The summed E-state index contributed by atoms with van der Waals surface area (Å²) in [6.07, 6.45) is 2.70. The standard InChI is InChI=1S/C14H28N2O2/c1-14(2,3)18-9-7-16-6-8-17-11-13(16)10-15-12-4-5-12/h12-13,15H,4-11H2,1-3H3. The monoisotopic (exact) mass is 256 g/mol. The summed E-state index contributed by atoms with van der Waals surface area (Å²) in [5, 5.41) is 3.60. The summed E-state index contributed by atoms with van der Waals surface area (Å²) in [6, 6.07) is 1.29. The van der Waals surface area contributed by atoms with Gasteiger partial charge in [0.1, 0.15) is 0 Å². The molecule has 0 amide bonds. The molecule has 1 N–H and O–H groups in total. The molecule has 1 heterocycles. The van der Waals surface area contributed by atoms with Crippen LogP contribution in [0.1, 0.15) is 33.6 Å². The molecule has 0 aromatic heterocycles. The van der Waals surface area contributed by atoms with Gasteiger partial charge in [0.05, 0.1) is 25.4 Å². The Morgan fingerprint density at radius 2 is 2.11 bits per heavy atom. The number of rotatable bonds is 6. The van der Waals surface area contributed by atoms with Crippen molar-refractivity contribution in [2.24, 2.45) is 0 Å². The van der Waals surface area contributed by atoms with E-state index in [9.17, 15) is 0 Å². The largest absolute Gasteiger partial charge is 0.378 e. The van der Waals surface area contributed by atoms with Gasteiger partial charge in [-0.3, -0.25) is 4.90 Å². The second-order valence-corrected chi connectivity index (χ2v) is 6.41. The van der Waals surface area contributed by atoms with Crippen molar-refractivity contribution < 1.29 is 9.47 Å². The highest BCUT2D eigenvalue weighted by molar-refractivity contribution is 4.85. The van der Waals surface area contributed by atoms with Crippen molar-refractivity contribution >= 4 is 0 Å².